The molecule has 2 rings (SSSR count). The molecular weight excluding hydrogens is 250 g/mol. The van der Waals surface area contributed by atoms with Crippen molar-refractivity contribution in [3.05, 3.63) is 34.3 Å². The third-order valence-electron chi connectivity index (χ3n) is 3.67. The Morgan fingerprint density at radius 2 is 2.07 bits per heavy atom. The normalized spacial score (nSPS) is 20.1. The van der Waals surface area contributed by atoms with E-state index in [0.717, 1.165) is 13.1 Å². The van der Waals surface area contributed by atoms with E-state index in [4.69, 9.17) is 0 Å². The number of benzene rings is 1. The van der Waals surface area contributed by atoms with Gasteiger partial charge >= 0.3 is 0 Å². The first-order valence-corrected chi connectivity index (χ1v) is 6.53. The molecule has 2 heteroatoms. The largest absolute Gasteiger partial charge is 0.317 e. The topological polar surface area (TPSA) is 12.0 Å². The number of hydrogen-bond donors (Lipinski definition) is 1. The van der Waals surface area contributed by atoms with Crippen LogP contribution < -0.4 is 5.32 Å². The van der Waals surface area contributed by atoms with Crippen molar-refractivity contribution in [2.75, 3.05) is 13.1 Å². The SMILES string of the molecule is CCC1(c2cccc(Br)c2)CCNCC1. The van der Waals surface area contributed by atoms with E-state index in [1.165, 1.54) is 29.3 Å². The van der Waals surface area contributed by atoms with Crippen molar-refractivity contribution in [3.63, 3.8) is 0 Å². The molecule has 0 aromatic heterocycles. The molecule has 1 heterocycles. The van der Waals surface area contributed by atoms with Crippen molar-refractivity contribution in [1.29, 1.82) is 0 Å². The lowest BCUT2D eigenvalue weighted by molar-refractivity contribution is 0.297. The molecule has 1 nitrogen and oxygen atoms in total. The molecule has 0 spiro atoms. The highest BCUT2D eigenvalue weighted by Crippen LogP contribution is 2.37. The van der Waals surface area contributed by atoms with Gasteiger partial charge in [0.15, 0.2) is 0 Å². The molecule has 1 aliphatic rings. The van der Waals surface area contributed by atoms with E-state index < -0.39 is 0 Å². The monoisotopic (exact) mass is 267 g/mol. The van der Waals surface area contributed by atoms with Crippen LogP contribution >= 0.6 is 15.9 Å². The highest BCUT2D eigenvalue weighted by molar-refractivity contribution is 9.10. The Hall–Kier alpha value is -0.340. The molecule has 1 saturated heterocycles. The van der Waals surface area contributed by atoms with Crippen molar-refractivity contribution in [1.82, 2.24) is 5.32 Å². The number of piperidine rings is 1. The Balaban J connectivity index is 2.32. The summed E-state index contributed by atoms with van der Waals surface area (Å²) < 4.78 is 1.20. The van der Waals surface area contributed by atoms with Gasteiger partial charge in [0.1, 0.15) is 0 Å². The lowest BCUT2D eigenvalue weighted by Crippen LogP contribution is -2.39. The first-order valence-electron chi connectivity index (χ1n) is 5.74. The molecule has 15 heavy (non-hydrogen) atoms. The maximum Gasteiger partial charge on any atom is 0.0178 e. The standard InChI is InChI=1S/C13H18BrN/c1-2-13(6-8-15-9-7-13)11-4-3-5-12(14)10-11/h3-5,10,15H,2,6-9H2,1H3. The number of halogens is 1. The predicted molar refractivity (Wildman–Crippen MR) is 68.2 cm³/mol. The van der Waals surface area contributed by atoms with Gasteiger partial charge in [-0.3, -0.25) is 0 Å². The summed E-state index contributed by atoms with van der Waals surface area (Å²) in [5.41, 5.74) is 1.91. The fourth-order valence-electron chi connectivity index (χ4n) is 2.57. The average Bonchev–Trinajstić information content (AvgIpc) is 2.30. The maximum atomic E-state index is 3.57. The minimum atomic E-state index is 0.412. The van der Waals surface area contributed by atoms with Crippen LogP contribution in [-0.2, 0) is 5.41 Å². The molecule has 1 N–H and O–H groups in total. The summed E-state index contributed by atoms with van der Waals surface area (Å²) in [7, 11) is 0. The van der Waals surface area contributed by atoms with Gasteiger partial charge in [-0.1, -0.05) is 35.0 Å². The van der Waals surface area contributed by atoms with Gasteiger partial charge in [0.25, 0.3) is 0 Å². The summed E-state index contributed by atoms with van der Waals surface area (Å²) >= 11 is 3.57. The summed E-state index contributed by atoms with van der Waals surface area (Å²) in [6.07, 6.45) is 3.77. The van der Waals surface area contributed by atoms with E-state index in [1.54, 1.807) is 0 Å². The summed E-state index contributed by atoms with van der Waals surface area (Å²) in [6.45, 7) is 4.62. The van der Waals surface area contributed by atoms with Crippen molar-refractivity contribution in [3.8, 4) is 0 Å². The Morgan fingerprint density at radius 3 is 2.67 bits per heavy atom. The molecule has 0 bridgehead atoms. The molecule has 82 valence electrons. The molecule has 0 amide bonds. The van der Waals surface area contributed by atoms with Gasteiger partial charge in [0.2, 0.25) is 0 Å². The van der Waals surface area contributed by atoms with Crippen LogP contribution in [-0.4, -0.2) is 13.1 Å². The van der Waals surface area contributed by atoms with Crippen LogP contribution in [0, 0.1) is 0 Å². The van der Waals surface area contributed by atoms with Crippen LogP contribution in [0.4, 0.5) is 0 Å². The van der Waals surface area contributed by atoms with Crippen molar-refractivity contribution in [2.24, 2.45) is 0 Å². The molecule has 0 aliphatic carbocycles. The van der Waals surface area contributed by atoms with Crippen molar-refractivity contribution < 1.29 is 0 Å². The van der Waals surface area contributed by atoms with Gasteiger partial charge in [-0.05, 0) is 55.5 Å². The predicted octanol–water partition coefficient (Wildman–Crippen LogP) is 3.48. The molecule has 0 atom stereocenters. The minimum absolute atomic E-state index is 0.412. The minimum Gasteiger partial charge on any atom is -0.317 e. The smallest absolute Gasteiger partial charge is 0.0178 e. The van der Waals surface area contributed by atoms with E-state index in [2.05, 4.69) is 52.4 Å². The summed E-state index contributed by atoms with van der Waals surface area (Å²) in [5, 5.41) is 3.45. The fourth-order valence-corrected chi connectivity index (χ4v) is 2.97. The van der Waals surface area contributed by atoms with Crippen LogP contribution in [0.15, 0.2) is 28.7 Å². The van der Waals surface area contributed by atoms with Gasteiger partial charge in [0, 0.05) is 4.47 Å². The van der Waals surface area contributed by atoms with Crippen LogP contribution in [0.3, 0.4) is 0 Å². The summed E-state index contributed by atoms with van der Waals surface area (Å²) in [5.74, 6) is 0. The lowest BCUT2D eigenvalue weighted by atomic mass is 9.71. The first-order chi connectivity index (χ1) is 7.27. The summed E-state index contributed by atoms with van der Waals surface area (Å²) in [4.78, 5) is 0. The Bertz CT molecular complexity index is 329. The lowest BCUT2D eigenvalue weighted by Gasteiger charge is -2.37. The number of hydrogen-bond acceptors (Lipinski definition) is 1. The highest BCUT2D eigenvalue weighted by atomic mass is 79.9. The molecule has 1 aliphatic heterocycles. The van der Waals surface area contributed by atoms with E-state index >= 15 is 0 Å². The average molecular weight is 268 g/mol. The first kappa shape index (κ1) is 11.2. The Kier molecular flexibility index (Phi) is 3.47. The zero-order valence-corrected chi connectivity index (χ0v) is 10.8. The van der Waals surface area contributed by atoms with E-state index in [9.17, 15) is 0 Å². The molecule has 1 fully saturated rings. The zero-order chi connectivity index (χ0) is 10.7. The Morgan fingerprint density at radius 1 is 1.33 bits per heavy atom. The molecule has 0 unspecified atom stereocenters. The van der Waals surface area contributed by atoms with Gasteiger partial charge in [-0.15, -0.1) is 0 Å². The molecule has 1 aromatic carbocycles. The molecular formula is C13H18BrN. The van der Waals surface area contributed by atoms with Crippen LogP contribution in [0.5, 0.6) is 0 Å². The molecule has 0 saturated carbocycles. The zero-order valence-electron chi connectivity index (χ0n) is 9.22. The molecule has 1 aromatic rings. The van der Waals surface area contributed by atoms with Gasteiger partial charge in [-0.25, -0.2) is 0 Å². The second-order valence-electron chi connectivity index (χ2n) is 4.39. The van der Waals surface area contributed by atoms with E-state index in [0.29, 0.717) is 5.41 Å². The van der Waals surface area contributed by atoms with Crippen molar-refractivity contribution in [2.45, 2.75) is 31.6 Å². The Labute approximate surface area is 100 Å². The van der Waals surface area contributed by atoms with Gasteiger partial charge < -0.3 is 5.32 Å². The third kappa shape index (κ3) is 2.26. The van der Waals surface area contributed by atoms with Crippen LogP contribution in [0.25, 0.3) is 0 Å². The fraction of sp³-hybridized carbons (Fsp3) is 0.538. The second kappa shape index (κ2) is 4.67. The highest BCUT2D eigenvalue weighted by Gasteiger charge is 2.31. The summed E-state index contributed by atoms with van der Waals surface area (Å²) in [6, 6.07) is 8.82. The third-order valence-corrected chi connectivity index (χ3v) is 4.17. The number of rotatable bonds is 2. The van der Waals surface area contributed by atoms with Gasteiger partial charge in [0.05, 0.1) is 0 Å². The van der Waals surface area contributed by atoms with E-state index in [1.807, 2.05) is 0 Å². The van der Waals surface area contributed by atoms with Gasteiger partial charge in [-0.2, -0.15) is 0 Å². The molecule has 0 radical (unpaired) electrons. The second-order valence-corrected chi connectivity index (χ2v) is 5.31. The van der Waals surface area contributed by atoms with Crippen LogP contribution in [0.1, 0.15) is 31.7 Å². The van der Waals surface area contributed by atoms with E-state index in [-0.39, 0.29) is 0 Å². The number of nitrogens with one attached hydrogen (secondary N) is 1. The van der Waals surface area contributed by atoms with Crippen LogP contribution in [0.2, 0.25) is 0 Å². The maximum absolute atomic E-state index is 3.57. The quantitative estimate of drug-likeness (QED) is 0.865. The van der Waals surface area contributed by atoms with Crippen molar-refractivity contribution >= 4 is 15.9 Å².